The van der Waals surface area contributed by atoms with E-state index in [2.05, 4.69) is 0 Å². The highest BCUT2D eigenvalue weighted by atomic mass is 32.2. The minimum Gasteiger partial charge on any atom is -0.498 e. The van der Waals surface area contributed by atoms with Crippen molar-refractivity contribution < 1.29 is 13.2 Å². The maximum atomic E-state index is 11.4. The van der Waals surface area contributed by atoms with Crippen LogP contribution in [0, 0.1) is 5.92 Å². The van der Waals surface area contributed by atoms with E-state index in [0.717, 1.165) is 11.1 Å². The van der Waals surface area contributed by atoms with Crippen molar-refractivity contribution >= 4 is 15.4 Å². The van der Waals surface area contributed by atoms with Gasteiger partial charge in [0.1, 0.15) is 0 Å². The molecule has 0 amide bonds. The summed E-state index contributed by atoms with van der Waals surface area (Å²) < 4.78 is 28.6. The summed E-state index contributed by atoms with van der Waals surface area (Å²) in [5.41, 5.74) is 2.17. The molecular formula is C15H20O3S. The number of hydrogen-bond acceptors (Lipinski definition) is 3. The van der Waals surface area contributed by atoms with Gasteiger partial charge in [-0.05, 0) is 31.4 Å². The van der Waals surface area contributed by atoms with Gasteiger partial charge >= 0.3 is 0 Å². The van der Waals surface area contributed by atoms with Gasteiger partial charge in [0.2, 0.25) is 0 Å². The summed E-state index contributed by atoms with van der Waals surface area (Å²) in [4.78, 5) is 0. The van der Waals surface area contributed by atoms with Crippen molar-refractivity contribution in [1.29, 1.82) is 0 Å². The Morgan fingerprint density at radius 3 is 2.63 bits per heavy atom. The Labute approximate surface area is 115 Å². The molecule has 0 aliphatic carbocycles. The van der Waals surface area contributed by atoms with Gasteiger partial charge in [0.05, 0.1) is 23.9 Å². The van der Waals surface area contributed by atoms with Gasteiger partial charge in [-0.2, -0.15) is 0 Å². The quantitative estimate of drug-likeness (QED) is 0.797. The van der Waals surface area contributed by atoms with Crippen molar-refractivity contribution in [3.8, 4) is 0 Å². The molecule has 2 rings (SSSR count). The molecule has 1 heterocycles. The summed E-state index contributed by atoms with van der Waals surface area (Å²) in [6, 6.07) is 10.0. The maximum absolute atomic E-state index is 11.4. The second kappa shape index (κ2) is 5.78. The topological polar surface area (TPSA) is 43.4 Å². The van der Waals surface area contributed by atoms with E-state index >= 15 is 0 Å². The highest BCUT2D eigenvalue weighted by Gasteiger charge is 2.32. The van der Waals surface area contributed by atoms with E-state index in [4.69, 9.17) is 4.74 Å². The summed E-state index contributed by atoms with van der Waals surface area (Å²) in [5, 5.41) is 0. The Balaban J connectivity index is 1.95. The molecule has 2 unspecified atom stereocenters. The monoisotopic (exact) mass is 280 g/mol. The van der Waals surface area contributed by atoms with E-state index in [1.165, 1.54) is 0 Å². The number of sulfone groups is 1. The fourth-order valence-electron chi connectivity index (χ4n) is 2.28. The lowest BCUT2D eigenvalue weighted by Gasteiger charge is -2.17. The molecular weight excluding hydrogens is 260 g/mol. The molecule has 104 valence electrons. The first-order valence-corrected chi connectivity index (χ1v) is 8.38. The molecule has 0 N–H and O–H groups in total. The van der Waals surface area contributed by atoms with Crippen LogP contribution in [0.1, 0.15) is 25.8 Å². The van der Waals surface area contributed by atoms with E-state index in [1.807, 2.05) is 44.2 Å². The van der Waals surface area contributed by atoms with Crippen LogP contribution in [0.2, 0.25) is 0 Å². The van der Waals surface area contributed by atoms with Crippen molar-refractivity contribution in [3.05, 3.63) is 42.2 Å². The van der Waals surface area contributed by atoms with E-state index in [-0.39, 0.29) is 17.8 Å². The van der Waals surface area contributed by atoms with E-state index < -0.39 is 9.84 Å². The van der Waals surface area contributed by atoms with Gasteiger partial charge in [-0.1, -0.05) is 30.3 Å². The van der Waals surface area contributed by atoms with Crippen LogP contribution in [-0.2, 0) is 14.6 Å². The van der Waals surface area contributed by atoms with Gasteiger partial charge in [0.15, 0.2) is 9.84 Å². The molecule has 0 bridgehead atoms. The lowest BCUT2D eigenvalue weighted by Crippen LogP contribution is -2.20. The molecule has 0 spiro atoms. The Hall–Kier alpha value is -1.29. The molecule has 0 aromatic heterocycles. The number of hydrogen-bond donors (Lipinski definition) is 0. The zero-order valence-electron chi connectivity index (χ0n) is 11.4. The highest BCUT2D eigenvalue weighted by Crippen LogP contribution is 2.24. The van der Waals surface area contributed by atoms with Gasteiger partial charge in [0.25, 0.3) is 0 Å². The molecule has 1 saturated heterocycles. The van der Waals surface area contributed by atoms with Gasteiger partial charge in [-0.25, -0.2) is 8.42 Å². The Morgan fingerprint density at radius 2 is 2.05 bits per heavy atom. The third kappa shape index (κ3) is 3.83. The first kappa shape index (κ1) is 14.1. The van der Waals surface area contributed by atoms with Gasteiger partial charge in [0, 0.05) is 5.92 Å². The van der Waals surface area contributed by atoms with E-state index in [1.54, 1.807) is 6.26 Å². The van der Waals surface area contributed by atoms with Crippen LogP contribution in [0.3, 0.4) is 0 Å². The molecule has 1 aliphatic heterocycles. The SMILES string of the molecule is C/C(=C/OC(C)C1CCS(=O)(=O)C1)c1ccccc1. The molecule has 2 atom stereocenters. The van der Waals surface area contributed by atoms with E-state index in [0.29, 0.717) is 12.2 Å². The van der Waals surface area contributed by atoms with Crippen molar-refractivity contribution in [2.45, 2.75) is 26.4 Å². The fourth-order valence-corrected chi connectivity index (χ4v) is 4.20. The summed E-state index contributed by atoms with van der Waals surface area (Å²) in [7, 11) is -2.83. The smallest absolute Gasteiger partial charge is 0.150 e. The number of rotatable bonds is 4. The summed E-state index contributed by atoms with van der Waals surface area (Å²) in [6.45, 7) is 3.94. The number of allylic oxidation sites excluding steroid dienone is 1. The van der Waals surface area contributed by atoms with Crippen LogP contribution in [0.5, 0.6) is 0 Å². The highest BCUT2D eigenvalue weighted by molar-refractivity contribution is 7.91. The Bertz CT molecular complexity index is 546. The Morgan fingerprint density at radius 1 is 1.37 bits per heavy atom. The van der Waals surface area contributed by atoms with Crippen molar-refractivity contribution in [2.24, 2.45) is 5.92 Å². The maximum Gasteiger partial charge on any atom is 0.150 e. The number of benzene rings is 1. The molecule has 1 aromatic rings. The zero-order valence-corrected chi connectivity index (χ0v) is 12.2. The molecule has 0 radical (unpaired) electrons. The molecule has 1 aromatic carbocycles. The van der Waals surface area contributed by atoms with E-state index in [9.17, 15) is 8.42 Å². The molecule has 4 heteroatoms. The van der Waals surface area contributed by atoms with Crippen molar-refractivity contribution in [1.82, 2.24) is 0 Å². The second-order valence-electron chi connectivity index (χ2n) is 5.17. The second-order valence-corrected chi connectivity index (χ2v) is 7.40. The average molecular weight is 280 g/mol. The van der Waals surface area contributed by atoms with Crippen LogP contribution in [0.4, 0.5) is 0 Å². The average Bonchev–Trinajstić information content (AvgIpc) is 2.77. The summed E-state index contributed by atoms with van der Waals surface area (Å²) >= 11 is 0. The lowest BCUT2D eigenvalue weighted by molar-refractivity contribution is 0.114. The Kier molecular flexibility index (Phi) is 4.30. The molecule has 0 saturated carbocycles. The lowest BCUT2D eigenvalue weighted by atomic mass is 10.0. The molecule has 3 nitrogen and oxygen atoms in total. The first-order valence-electron chi connectivity index (χ1n) is 6.56. The predicted octanol–water partition coefficient (Wildman–Crippen LogP) is 2.89. The summed E-state index contributed by atoms with van der Waals surface area (Å²) in [5.74, 6) is 0.670. The normalized spacial score (nSPS) is 24.1. The van der Waals surface area contributed by atoms with Crippen LogP contribution in [0.15, 0.2) is 36.6 Å². The third-order valence-corrected chi connectivity index (χ3v) is 5.41. The third-order valence-electron chi connectivity index (χ3n) is 3.62. The molecule has 19 heavy (non-hydrogen) atoms. The summed E-state index contributed by atoms with van der Waals surface area (Å²) in [6.07, 6.45) is 2.39. The predicted molar refractivity (Wildman–Crippen MR) is 77.4 cm³/mol. The zero-order chi connectivity index (χ0) is 13.9. The first-order chi connectivity index (χ1) is 8.98. The van der Waals surface area contributed by atoms with Crippen LogP contribution < -0.4 is 0 Å². The standard InChI is InChI=1S/C15H20O3S/c1-12(14-6-4-3-5-7-14)10-18-13(2)15-8-9-19(16,17)11-15/h3-7,10,13,15H,8-9,11H2,1-2H3/b12-10-. The minimum absolute atomic E-state index is 0.0593. The minimum atomic E-state index is -2.83. The largest absolute Gasteiger partial charge is 0.498 e. The van der Waals surface area contributed by atoms with Crippen LogP contribution in [-0.4, -0.2) is 26.0 Å². The van der Waals surface area contributed by atoms with Gasteiger partial charge < -0.3 is 4.74 Å². The molecule has 1 fully saturated rings. The van der Waals surface area contributed by atoms with Crippen LogP contribution >= 0.6 is 0 Å². The van der Waals surface area contributed by atoms with Crippen molar-refractivity contribution in [3.63, 3.8) is 0 Å². The number of ether oxygens (including phenoxy) is 1. The fraction of sp³-hybridized carbons (Fsp3) is 0.467. The van der Waals surface area contributed by atoms with Crippen molar-refractivity contribution in [2.75, 3.05) is 11.5 Å². The molecule has 1 aliphatic rings. The van der Waals surface area contributed by atoms with Gasteiger partial charge in [-0.15, -0.1) is 0 Å². The van der Waals surface area contributed by atoms with Crippen LogP contribution in [0.25, 0.3) is 5.57 Å². The van der Waals surface area contributed by atoms with Gasteiger partial charge in [-0.3, -0.25) is 0 Å².